The Bertz CT molecular complexity index is 4700. The van der Waals surface area contributed by atoms with Gasteiger partial charge in [0.1, 0.15) is 48.5 Å². The summed E-state index contributed by atoms with van der Waals surface area (Å²) in [6, 6.07) is 14.5. The van der Waals surface area contributed by atoms with Crippen LogP contribution in [0.1, 0.15) is 106 Å². The molecule has 0 amide bonds. The number of pyridine rings is 3. The smallest absolute Gasteiger partial charge is 0.416 e. The maximum atomic E-state index is 15.9. The number of nitrogens with one attached hydrogen (secondary N) is 3. The van der Waals surface area contributed by atoms with Crippen LogP contribution in [0.15, 0.2) is 89.9 Å². The Morgan fingerprint density at radius 2 is 0.950 bits per heavy atom. The van der Waals surface area contributed by atoms with E-state index in [1.54, 1.807) is 125 Å². The first-order valence-corrected chi connectivity index (χ1v) is 33.1. The molecule has 3 N–H and O–H groups in total. The van der Waals surface area contributed by atoms with Crippen LogP contribution in [0.3, 0.4) is 0 Å². The topological polar surface area (TPSA) is 230 Å². The Hall–Kier alpha value is -9.26. The largest absolute Gasteiger partial charge is 0.461 e. The lowest BCUT2D eigenvalue weighted by Gasteiger charge is -2.24. The number of rotatable bonds is 22. The zero-order valence-corrected chi connectivity index (χ0v) is 57.8. The van der Waals surface area contributed by atoms with Crippen LogP contribution in [-0.2, 0) is 53.6 Å². The van der Waals surface area contributed by atoms with E-state index in [0.29, 0.717) is 117 Å². The van der Waals surface area contributed by atoms with Crippen molar-refractivity contribution in [2.45, 2.75) is 121 Å². The van der Waals surface area contributed by atoms with Crippen molar-refractivity contribution in [2.75, 3.05) is 113 Å². The number of hydrogen-bond donors (Lipinski definition) is 3. The molecule has 22 nitrogen and oxygen atoms in total. The highest BCUT2D eigenvalue weighted by Crippen LogP contribution is 2.43. The number of nitrogens with zero attached hydrogens (tertiary/aromatic N) is 12. The molecule has 0 saturated carbocycles. The van der Waals surface area contributed by atoms with Crippen LogP contribution in [0.4, 0.5) is 65.2 Å². The monoisotopic (exact) mass is 1400 g/mol. The van der Waals surface area contributed by atoms with Gasteiger partial charge in [-0.25, -0.2) is 4.39 Å². The molecule has 10 heterocycles. The summed E-state index contributed by atoms with van der Waals surface area (Å²) in [6.45, 7) is 13.0. The van der Waals surface area contributed by atoms with Gasteiger partial charge in [-0.2, -0.15) is 41.6 Å². The number of furan rings is 1. The van der Waals surface area contributed by atoms with Gasteiger partial charge in [0.05, 0.1) is 104 Å². The molecule has 0 spiro atoms. The lowest BCUT2D eigenvalue weighted by atomic mass is 9.90. The second kappa shape index (κ2) is 28.3. The molecule has 3 fully saturated rings. The number of alkyl halides is 6. The van der Waals surface area contributed by atoms with Crippen LogP contribution >= 0.6 is 0 Å². The van der Waals surface area contributed by atoms with Gasteiger partial charge in [-0.3, -0.25) is 15.0 Å². The Morgan fingerprint density at radius 3 is 1.43 bits per heavy atom. The van der Waals surface area contributed by atoms with Crippen molar-refractivity contribution in [3.8, 4) is 0 Å². The van der Waals surface area contributed by atoms with E-state index >= 15 is 26.3 Å². The number of halogens is 7. The third-order valence-electron chi connectivity index (χ3n) is 20.1. The molecule has 13 rings (SSSR count). The van der Waals surface area contributed by atoms with Gasteiger partial charge in [-0.1, -0.05) is 30.3 Å². The molecule has 101 heavy (non-hydrogen) atoms. The summed E-state index contributed by atoms with van der Waals surface area (Å²) < 4.78 is 149. The molecule has 3 saturated heterocycles. The maximum Gasteiger partial charge on any atom is 0.416 e. The van der Waals surface area contributed by atoms with Gasteiger partial charge < -0.3 is 63.5 Å². The zero-order valence-electron chi connectivity index (χ0n) is 57.8. The third kappa shape index (κ3) is 13.7. The van der Waals surface area contributed by atoms with E-state index < -0.39 is 47.4 Å². The number of benzene rings is 3. The molecule has 29 heteroatoms. The van der Waals surface area contributed by atoms with Crippen LogP contribution in [0.5, 0.6) is 0 Å². The van der Waals surface area contributed by atoms with Gasteiger partial charge >= 0.3 is 12.4 Å². The van der Waals surface area contributed by atoms with Crippen LogP contribution in [0.25, 0.3) is 43.7 Å². The molecule has 10 aromatic rings. The molecule has 0 bridgehead atoms. The van der Waals surface area contributed by atoms with Crippen molar-refractivity contribution in [1.29, 1.82) is 0 Å². The maximum absolute atomic E-state index is 15.9. The van der Waals surface area contributed by atoms with Gasteiger partial charge in [-0.15, -0.1) is 15.3 Å². The Morgan fingerprint density at radius 1 is 0.505 bits per heavy atom. The van der Waals surface area contributed by atoms with Crippen LogP contribution in [-0.4, -0.2) is 164 Å². The number of methoxy groups -OCH3 is 6. The van der Waals surface area contributed by atoms with E-state index in [1.165, 1.54) is 13.0 Å². The van der Waals surface area contributed by atoms with E-state index in [2.05, 4.69) is 51.4 Å². The molecule has 7 aromatic heterocycles. The standard InChI is InChI=1S/C72H78F7N15O7/c1-35-18-42(37(3)83-68-50-21-43(25-80-64(50)40(6)86-89-68)92-28-57(95-7)58(29-92)96-8)19-53(71(74,75)76)49(35)24-56-66-52(23-45(27-82-66)94-32-61(99-11)62(33-94)100-12)69(91-88-56)84-38(4)46-17-16-41(63(36(46)2)72(77,78)79)20-55-65-51(22-44(26-81-65)93-30-59(97-9)60(31-93)98-10)70(90-87-55)85-39(5)47-14-13-15-48-54(73)34-101-67(47)48/h13-19,21-23,25-27,34,37-39,57-62H,20,24,28-33H2,1-12H3,(H,83,89)(H,84,91)(H,85,90)/t37-,38-,39-,57-,58+,59-,60+,61-,62+/m1/s1. The van der Waals surface area contributed by atoms with Crippen molar-refractivity contribution < 1.29 is 63.6 Å². The summed E-state index contributed by atoms with van der Waals surface area (Å²) in [5, 5.41) is 39.0. The predicted molar refractivity (Wildman–Crippen MR) is 368 cm³/mol. The first-order chi connectivity index (χ1) is 48.4. The van der Waals surface area contributed by atoms with Gasteiger partial charge in [-0.05, 0) is 105 Å². The number of anilines is 6. The number of hydrogen-bond acceptors (Lipinski definition) is 22. The number of aryl methyl sites for hydroxylation is 2. The molecular weight excluding hydrogens is 1320 g/mol. The van der Waals surface area contributed by atoms with Gasteiger partial charge in [0, 0.05) is 116 Å². The molecule has 3 aromatic carbocycles. The van der Waals surface area contributed by atoms with Crippen molar-refractivity contribution in [3.05, 3.63) is 158 Å². The fraction of sp³-hybridized carbons (Fsp3) is 0.431. The average molecular weight is 1400 g/mol. The van der Waals surface area contributed by atoms with Gasteiger partial charge in [0.2, 0.25) is 0 Å². The first-order valence-electron chi connectivity index (χ1n) is 33.1. The summed E-state index contributed by atoms with van der Waals surface area (Å²) in [6.07, 6.45) is -5.79. The van der Waals surface area contributed by atoms with E-state index in [4.69, 9.17) is 47.8 Å². The first kappa shape index (κ1) is 70.2. The fourth-order valence-corrected chi connectivity index (χ4v) is 14.6. The summed E-state index contributed by atoms with van der Waals surface area (Å²) >= 11 is 0. The molecular formula is C72H78F7N15O7. The number of ether oxygens (including phenoxy) is 6. The van der Waals surface area contributed by atoms with Crippen molar-refractivity contribution in [1.82, 2.24) is 45.5 Å². The summed E-state index contributed by atoms with van der Waals surface area (Å²) in [7, 11) is 9.67. The second-order valence-corrected chi connectivity index (χ2v) is 26.2. The lowest BCUT2D eigenvalue weighted by Crippen LogP contribution is -2.27. The zero-order chi connectivity index (χ0) is 71.5. The van der Waals surface area contributed by atoms with Gasteiger partial charge in [0.25, 0.3) is 0 Å². The Balaban J connectivity index is 0.820. The minimum atomic E-state index is -4.87. The number of fused-ring (bicyclic) bond motifs is 4. The lowest BCUT2D eigenvalue weighted by molar-refractivity contribution is -0.139. The highest BCUT2D eigenvalue weighted by Gasteiger charge is 2.41. The van der Waals surface area contributed by atoms with Crippen molar-refractivity contribution in [3.63, 3.8) is 0 Å². The van der Waals surface area contributed by atoms with Crippen LogP contribution < -0.4 is 30.7 Å². The summed E-state index contributed by atoms with van der Waals surface area (Å²) in [5.41, 5.74) is 3.91. The van der Waals surface area contributed by atoms with E-state index in [-0.39, 0.29) is 100 Å². The van der Waals surface area contributed by atoms with E-state index in [9.17, 15) is 4.39 Å². The molecule has 0 radical (unpaired) electrons. The minimum Gasteiger partial charge on any atom is -0.461 e. The normalized spacial score (nSPS) is 19.9. The number of aromatic nitrogens is 9. The molecule has 0 aliphatic carbocycles. The van der Waals surface area contributed by atoms with Crippen molar-refractivity contribution in [2.24, 2.45) is 0 Å². The quantitative estimate of drug-likeness (QED) is 0.0536. The molecule has 9 atom stereocenters. The summed E-state index contributed by atoms with van der Waals surface area (Å²) in [5.74, 6) is 0.219. The SMILES string of the molecule is CO[C@H]1CN(c2cnc3c(C)nnc(N[C@H](C)c4cc(C)c(Cc5nnc(N[C@H](C)c6ccc(Cc7nnc(N[C@H](C)c8cccc9c(F)coc89)c8cc(N9C[C@H](OC)[C@H](OC)C9)cnc78)c(C(F)(F)F)c6C)c6cc(N7C[C@H](OC)[C@H](OC)C7)cnc56)c(C(F)(F)F)c4)c3c2)C[C@H]1OC. The highest BCUT2D eigenvalue weighted by atomic mass is 19.4. The summed E-state index contributed by atoms with van der Waals surface area (Å²) in [4.78, 5) is 20.6. The minimum absolute atomic E-state index is 0.0587. The average Bonchev–Trinajstić information content (AvgIpc) is 1.61. The molecule has 0 unspecified atom stereocenters. The fourth-order valence-electron chi connectivity index (χ4n) is 14.6. The number of para-hydroxylation sites is 1. The Labute approximate surface area is 577 Å². The van der Waals surface area contributed by atoms with Gasteiger partial charge in [0.15, 0.2) is 23.3 Å². The molecule has 3 aliphatic rings. The van der Waals surface area contributed by atoms with E-state index in [0.717, 1.165) is 18.0 Å². The second-order valence-electron chi connectivity index (χ2n) is 26.2. The van der Waals surface area contributed by atoms with Crippen LogP contribution in [0.2, 0.25) is 0 Å². The molecule has 3 aliphatic heterocycles. The van der Waals surface area contributed by atoms with Crippen molar-refractivity contribution >= 4 is 78.2 Å². The Kier molecular flexibility index (Phi) is 19.7. The van der Waals surface area contributed by atoms with Crippen LogP contribution in [0, 0.1) is 26.6 Å². The highest BCUT2D eigenvalue weighted by molar-refractivity contribution is 5.95. The molecule has 532 valence electrons. The predicted octanol–water partition coefficient (Wildman–Crippen LogP) is 12.8. The van der Waals surface area contributed by atoms with E-state index in [1.807, 2.05) is 28.9 Å². The third-order valence-corrected chi connectivity index (χ3v) is 20.1.